The van der Waals surface area contributed by atoms with E-state index < -0.39 is 17.5 Å². The number of benzene rings is 3. The highest BCUT2D eigenvalue weighted by Gasteiger charge is 2.10. The Kier molecular flexibility index (Phi) is 6.33. The molecule has 3 aromatic rings. The van der Waals surface area contributed by atoms with E-state index in [0.29, 0.717) is 17.0 Å². The molecule has 0 atom stereocenters. The molecular weight excluding hydrogens is 374 g/mol. The van der Waals surface area contributed by atoms with E-state index in [1.807, 2.05) is 6.07 Å². The number of nitrogens with zero attached hydrogens (tertiary/aromatic N) is 1. The first-order chi connectivity index (χ1) is 14.1. The third-order valence-electron chi connectivity index (χ3n) is 3.99. The molecule has 0 saturated carbocycles. The van der Waals surface area contributed by atoms with E-state index >= 15 is 0 Å². The summed E-state index contributed by atoms with van der Waals surface area (Å²) in [6.45, 7) is -0.288. The van der Waals surface area contributed by atoms with E-state index in [4.69, 9.17) is 4.74 Å². The van der Waals surface area contributed by atoms with Gasteiger partial charge in [-0.25, -0.2) is 8.78 Å². The molecule has 0 unspecified atom stereocenters. The number of nitriles is 1. The molecule has 1 amide bonds. The molecule has 0 aliphatic carbocycles. The minimum Gasteiger partial charge on any atom is -0.483 e. The average Bonchev–Trinajstić information content (AvgIpc) is 2.73. The van der Waals surface area contributed by atoms with Crippen molar-refractivity contribution in [3.8, 4) is 11.8 Å². The van der Waals surface area contributed by atoms with Crippen molar-refractivity contribution in [3.05, 3.63) is 95.6 Å². The van der Waals surface area contributed by atoms with Gasteiger partial charge >= 0.3 is 0 Å². The quantitative estimate of drug-likeness (QED) is 0.473. The van der Waals surface area contributed by atoms with Crippen LogP contribution in [-0.4, -0.2) is 12.5 Å². The number of allylic oxidation sites excluding steroid dienone is 1. The van der Waals surface area contributed by atoms with Crippen LogP contribution >= 0.6 is 0 Å². The van der Waals surface area contributed by atoms with Gasteiger partial charge in [-0.3, -0.25) is 4.79 Å². The number of ether oxygens (including phenoxy) is 1. The van der Waals surface area contributed by atoms with Crippen LogP contribution < -0.4 is 10.1 Å². The van der Waals surface area contributed by atoms with Gasteiger partial charge in [0.25, 0.3) is 5.91 Å². The van der Waals surface area contributed by atoms with Gasteiger partial charge in [0.05, 0.1) is 11.6 Å². The van der Waals surface area contributed by atoms with Gasteiger partial charge < -0.3 is 10.1 Å². The Labute approximate surface area is 166 Å². The number of amides is 1. The van der Waals surface area contributed by atoms with Gasteiger partial charge in [0.15, 0.2) is 6.61 Å². The van der Waals surface area contributed by atoms with E-state index in [1.165, 1.54) is 42.5 Å². The van der Waals surface area contributed by atoms with Gasteiger partial charge in [-0.2, -0.15) is 5.26 Å². The van der Waals surface area contributed by atoms with Gasteiger partial charge in [0.2, 0.25) is 0 Å². The number of carbonyl (C=O) groups is 1. The molecule has 29 heavy (non-hydrogen) atoms. The standard InChI is InChI=1S/C23H16F2N2O2/c24-18-9-11-19(12-10-18)27-23(28)15-29-22-8-4-1-5-16(22)13-17(14-26)20-6-2-3-7-21(20)25/h1-13H,15H2,(H,27,28)/b17-13-. The van der Waals surface area contributed by atoms with E-state index in [0.717, 1.165) is 0 Å². The van der Waals surface area contributed by atoms with Crippen LogP contribution in [0.2, 0.25) is 0 Å². The van der Waals surface area contributed by atoms with Crippen LogP contribution in [0.4, 0.5) is 14.5 Å². The molecule has 6 heteroatoms. The summed E-state index contributed by atoms with van der Waals surface area (Å²) in [6.07, 6.45) is 1.51. The van der Waals surface area contributed by atoms with Gasteiger partial charge in [-0.1, -0.05) is 36.4 Å². The molecule has 1 N–H and O–H groups in total. The molecule has 0 aliphatic heterocycles. The summed E-state index contributed by atoms with van der Waals surface area (Å²) < 4.78 is 32.5. The van der Waals surface area contributed by atoms with Crippen LogP contribution in [0, 0.1) is 23.0 Å². The molecule has 0 aliphatic rings. The Bertz CT molecular complexity index is 1090. The Morgan fingerprint density at radius 1 is 1.00 bits per heavy atom. The minimum atomic E-state index is -0.502. The van der Waals surface area contributed by atoms with Crippen molar-refractivity contribution in [2.24, 2.45) is 0 Å². The first-order valence-electron chi connectivity index (χ1n) is 8.71. The van der Waals surface area contributed by atoms with Gasteiger partial charge in [-0.15, -0.1) is 0 Å². The van der Waals surface area contributed by atoms with Gasteiger partial charge in [0.1, 0.15) is 17.4 Å². The zero-order valence-electron chi connectivity index (χ0n) is 15.2. The molecule has 0 fully saturated rings. The molecule has 0 saturated heterocycles. The summed E-state index contributed by atoms with van der Waals surface area (Å²) in [4.78, 5) is 12.1. The maximum Gasteiger partial charge on any atom is 0.262 e. The van der Waals surface area contributed by atoms with Crippen molar-refractivity contribution >= 4 is 23.2 Å². The number of hydrogen-bond donors (Lipinski definition) is 1. The van der Waals surface area contributed by atoms with Crippen molar-refractivity contribution in [1.82, 2.24) is 0 Å². The molecule has 0 heterocycles. The topological polar surface area (TPSA) is 62.1 Å². The summed E-state index contributed by atoms with van der Waals surface area (Å²) in [5.74, 6) is -0.962. The molecule has 0 aromatic heterocycles. The second kappa shape index (κ2) is 9.29. The van der Waals surface area contributed by atoms with Gasteiger partial charge in [0, 0.05) is 16.8 Å². The number of anilines is 1. The summed E-state index contributed by atoms with van der Waals surface area (Å²) in [5, 5.41) is 12.0. The fourth-order valence-corrected chi connectivity index (χ4v) is 2.61. The van der Waals surface area contributed by atoms with Crippen molar-refractivity contribution in [2.45, 2.75) is 0 Å². The lowest BCUT2D eigenvalue weighted by Gasteiger charge is -2.10. The molecule has 0 bridgehead atoms. The third-order valence-corrected chi connectivity index (χ3v) is 3.99. The number of nitrogens with one attached hydrogen (secondary N) is 1. The molecule has 4 nitrogen and oxygen atoms in total. The number of para-hydroxylation sites is 1. The Morgan fingerprint density at radius 3 is 2.41 bits per heavy atom. The van der Waals surface area contributed by atoms with Crippen molar-refractivity contribution < 1.29 is 18.3 Å². The first kappa shape index (κ1) is 19.8. The monoisotopic (exact) mass is 390 g/mol. The van der Waals surface area contributed by atoms with Crippen LogP contribution in [0.5, 0.6) is 5.75 Å². The zero-order valence-corrected chi connectivity index (χ0v) is 15.2. The summed E-state index contributed by atoms with van der Waals surface area (Å²) in [7, 11) is 0. The first-order valence-corrected chi connectivity index (χ1v) is 8.71. The fourth-order valence-electron chi connectivity index (χ4n) is 2.61. The molecule has 3 rings (SSSR count). The predicted octanol–water partition coefficient (Wildman–Crippen LogP) is 5.05. The largest absolute Gasteiger partial charge is 0.483 e. The molecule has 144 valence electrons. The Hall–Kier alpha value is -3.98. The second-order valence-corrected chi connectivity index (χ2v) is 6.03. The number of halogens is 2. The summed E-state index contributed by atoms with van der Waals surface area (Å²) >= 11 is 0. The highest BCUT2D eigenvalue weighted by Crippen LogP contribution is 2.26. The average molecular weight is 390 g/mol. The highest BCUT2D eigenvalue weighted by molar-refractivity contribution is 5.92. The SMILES string of the molecule is N#C/C(=C/c1ccccc1OCC(=O)Nc1ccc(F)cc1)c1ccccc1F. The fraction of sp³-hybridized carbons (Fsp3) is 0.0435. The molecule has 3 aromatic carbocycles. The van der Waals surface area contributed by atoms with Crippen LogP contribution in [0.25, 0.3) is 11.6 Å². The van der Waals surface area contributed by atoms with Crippen LogP contribution in [0.3, 0.4) is 0 Å². The van der Waals surface area contributed by atoms with Crippen LogP contribution in [0.1, 0.15) is 11.1 Å². The maximum atomic E-state index is 14.0. The lowest BCUT2D eigenvalue weighted by molar-refractivity contribution is -0.118. The third kappa shape index (κ3) is 5.27. The lowest BCUT2D eigenvalue weighted by atomic mass is 10.0. The molecule has 0 spiro atoms. The van der Waals surface area contributed by atoms with Crippen molar-refractivity contribution in [2.75, 3.05) is 11.9 Å². The highest BCUT2D eigenvalue weighted by atomic mass is 19.1. The van der Waals surface area contributed by atoms with E-state index in [-0.39, 0.29) is 17.7 Å². The molecule has 0 radical (unpaired) electrons. The Morgan fingerprint density at radius 2 is 1.69 bits per heavy atom. The smallest absolute Gasteiger partial charge is 0.262 e. The van der Waals surface area contributed by atoms with Crippen LogP contribution in [0.15, 0.2) is 72.8 Å². The Balaban J connectivity index is 1.75. The predicted molar refractivity (Wildman–Crippen MR) is 107 cm³/mol. The van der Waals surface area contributed by atoms with E-state index in [9.17, 15) is 18.8 Å². The van der Waals surface area contributed by atoms with E-state index in [2.05, 4.69) is 5.32 Å². The normalized spacial score (nSPS) is 10.9. The van der Waals surface area contributed by atoms with E-state index in [1.54, 1.807) is 36.4 Å². The minimum absolute atomic E-state index is 0.134. The number of hydrogen-bond acceptors (Lipinski definition) is 3. The second-order valence-electron chi connectivity index (χ2n) is 6.03. The molecular formula is C23H16F2N2O2. The van der Waals surface area contributed by atoms with Crippen molar-refractivity contribution in [1.29, 1.82) is 5.26 Å². The number of carbonyl (C=O) groups excluding carboxylic acids is 1. The lowest BCUT2D eigenvalue weighted by Crippen LogP contribution is -2.20. The van der Waals surface area contributed by atoms with Crippen molar-refractivity contribution in [3.63, 3.8) is 0 Å². The number of rotatable bonds is 6. The van der Waals surface area contributed by atoms with Gasteiger partial charge in [-0.05, 0) is 42.5 Å². The summed E-state index contributed by atoms with van der Waals surface area (Å²) in [5.41, 5.74) is 1.29. The zero-order chi connectivity index (χ0) is 20.6. The summed E-state index contributed by atoms with van der Waals surface area (Å²) in [6, 6.07) is 20.2. The maximum absolute atomic E-state index is 14.0. The van der Waals surface area contributed by atoms with Crippen LogP contribution in [-0.2, 0) is 4.79 Å².